The smallest absolute Gasteiger partial charge is 0.277 e. The van der Waals surface area contributed by atoms with E-state index in [0.29, 0.717) is 6.42 Å². The SMILES string of the molecule is O=CNOS(=O)(=O)CCc1ccncc1. The summed E-state index contributed by atoms with van der Waals surface area (Å²) in [5.41, 5.74) is 2.48. The Kier molecular flexibility index (Phi) is 4.19. The monoisotopic (exact) mass is 230 g/mol. The topological polar surface area (TPSA) is 85.4 Å². The van der Waals surface area contributed by atoms with E-state index in [1.54, 1.807) is 30.0 Å². The molecule has 1 aromatic heterocycles. The fourth-order valence-corrected chi connectivity index (χ4v) is 1.68. The van der Waals surface area contributed by atoms with Gasteiger partial charge in [-0.15, -0.1) is 4.28 Å². The molecule has 0 saturated heterocycles. The molecule has 0 atom stereocenters. The zero-order valence-electron chi connectivity index (χ0n) is 7.79. The van der Waals surface area contributed by atoms with Crippen LogP contribution in [0.2, 0.25) is 0 Å². The van der Waals surface area contributed by atoms with Gasteiger partial charge in [0.15, 0.2) is 0 Å². The van der Waals surface area contributed by atoms with Gasteiger partial charge in [0.1, 0.15) is 0 Å². The zero-order valence-corrected chi connectivity index (χ0v) is 8.61. The summed E-state index contributed by atoms with van der Waals surface area (Å²) >= 11 is 0. The van der Waals surface area contributed by atoms with Crippen LogP contribution < -0.4 is 5.48 Å². The molecule has 0 radical (unpaired) electrons. The normalized spacial score (nSPS) is 10.9. The summed E-state index contributed by atoms with van der Waals surface area (Å²) in [6.07, 6.45) is 3.62. The molecular weight excluding hydrogens is 220 g/mol. The van der Waals surface area contributed by atoms with Gasteiger partial charge in [-0.2, -0.15) is 8.42 Å². The number of pyridine rings is 1. The standard InChI is InChI=1S/C8H10N2O4S/c11-7-10-14-15(12,13)6-3-8-1-4-9-5-2-8/h1-2,4-5,7H,3,6H2,(H,10,11). The highest BCUT2D eigenvalue weighted by molar-refractivity contribution is 7.86. The lowest BCUT2D eigenvalue weighted by Crippen LogP contribution is -2.21. The number of nitrogens with zero attached hydrogens (tertiary/aromatic N) is 1. The first kappa shape index (κ1) is 11.6. The molecule has 1 heterocycles. The highest BCUT2D eigenvalue weighted by Gasteiger charge is 2.11. The van der Waals surface area contributed by atoms with Gasteiger partial charge in [0.2, 0.25) is 6.41 Å². The summed E-state index contributed by atoms with van der Waals surface area (Å²) in [5.74, 6) is -0.197. The largest absolute Gasteiger partial charge is 0.288 e. The third kappa shape index (κ3) is 4.52. The van der Waals surface area contributed by atoms with E-state index in [2.05, 4.69) is 9.27 Å². The van der Waals surface area contributed by atoms with Gasteiger partial charge in [0, 0.05) is 12.4 Å². The maximum Gasteiger partial charge on any atom is 0.288 e. The van der Waals surface area contributed by atoms with Crippen molar-refractivity contribution in [3.63, 3.8) is 0 Å². The van der Waals surface area contributed by atoms with Crippen molar-refractivity contribution < 1.29 is 17.5 Å². The Morgan fingerprint density at radius 3 is 2.67 bits per heavy atom. The molecule has 0 unspecified atom stereocenters. The van der Waals surface area contributed by atoms with Crippen molar-refractivity contribution in [3.8, 4) is 0 Å². The second kappa shape index (κ2) is 5.42. The lowest BCUT2D eigenvalue weighted by Gasteiger charge is -2.02. The van der Waals surface area contributed by atoms with E-state index in [1.165, 1.54) is 0 Å². The summed E-state index contributed by atoms with van der Waals surface area (Å²) in [6, 6.07) is 3.42. The molecule has 0 aliphatic carbocycles. The molecule has 0 aliphatic heterocycles. The minimum atomic E-state index is -3.70. The maximum absolute atomic E-state index is 11.1. The van der Waals surface area contributed by atoms with E-state index in [9.17, 15) is 13.2 Å². The highest BCUT2D eigenvalue weighted by atomic mass is 32.2. The van der Waals surface area contributed by atoms with E-state index < -0.39 is 10.1 Å². The van der Waals surface area contributed by atoms with Crippen LogP contribution in [-0.2, 0) is 25.6 Å². The van der Waals surface area contributed by atoms with E-state index in [-0.39, 0.29) is 12.2 Å². The van der Waals surface area contributed by atoms with Gasteiger partial charge in [-0.25, -0.2) is 5.48 Å². The third-order valence-corrected chi connectivity index (χ3v) is 2.67. The van der Waals surface area contributed by atoms with E-state index in [1.807, 2.05) is 0 Å². The van der Waals surface area contributed by atoms with Crippen molar-refractivity contribution in [2.45, 2.75) is 6.42 Å². The molecule has 1 amide bonds. The summed E-state index contributed by atoms with van der Waals surface area (Å²) in [7, 11) is -3.70. The van der Waals surface area contributed by atoms with Crippen molar-refractivity contribution in [2.75, 3.05) is 5.75 Å². The predicted octanol–water partition coefficient (Wildman–Crippen LogP) is -0.369. The van der Waals surface area contributed by atoms with Crippen molar-refractivity contribution in [2.24, 2.45) is 0 Å². The van der Waals surface area contributed by atoms with Gasteiger partial charge in [-0.1, -0.05) is 0 Å². The summed E-state index contributed by atoms with van der Waals surface area (Å²) in [4.78, 5) is 13.6. The van der Waals surface area contributed by atoms with Crippen LogP contribution in [0.4, 0.5) is 0 Å². The fourth-order valence-electron chi connectivity index (χ4n) is 0.927. The molecule has 6 nitrogen and oxygen atoms in total. The maximum atomic E-state index is 11.1. The van der Waals surface area contributed by atoms with E-state index in [0.717, 1.165) is 5.56 Å². The number of hydroxylamine groups is 1. The van der Waals surface area contributed by atoms with Crippen LogP contribution in [0.3, 0.4) is 0 Å². The first-order valence-corrected chi connectivity index (χ1v) is 5.71. The van der Waals surface area contributed by atoms with Crippen molar-refractivity contribution in [3.05, 3.63) is 30.1 Å². The Balaban J connectivity index is 2.46. The fraction of sp³-hybridized carbons (Fsp3) is 0.250. The molecular formula is C8H10N2O4S. The van der Waals surface area contributed by atoms with Crippen molar-refractivity contribution >= 4 is 16.5 Å². The molecule has 0 spiro atoms. The number of aryl methyl sites for hydroxylation is 1. The molecule has 0 saturated carbocycles. The summed E-state index contributed by atoms with van der Waals surface area (Å²) in [6.45, 7) is 0. The van der Waals surface area contributed by atoms with Gasteiger partial charge >= 0.3 is 0 Å². The second-order valence-electron chi connectivity index (χ2n) is 2.69. The van der Waals surface area contributed by atoms with Gasteiger partial charge in [-0.3, -0.25) is 9.78 Å². The van der Waals surface area contributed by atoms with Crippen LogP contribution >= 0.6 is 0 Å². The number of aromatic nitrogens is 1. The Morgan fingerprint density at radius 1 is 1.40 bits per heavy atom. The minimum Gasteiger partial charge on any atom is -0.277 e. The zero-order chi connectivity index (χ0) is 11.1. The Hall–Kier alpha value is -1.47. The van der Waals surface area contributed by atoms with Gasteiger partial charge in [-0.05, 0) is 24.1 Å². The molecule has 0 fully saturated rings. The number of nitrogens with one attached hydrogen (secondary N) is 1. The predicted molar refractivity (Wildman–Crippen MR) is 52.0 cm³/mol. The molecule has 1 aromatic rings. The quantitative estimate of drug-likeness (QED) is 0.532. The summed E-state index contributed by atoms with van der Waals surface area (Å²) in [5, 5.41) is 0. The lowest BCUT2D eigenvalue weighted by molar-refractivity contribution is -0.115. The Morgan fingerprint density at radius 2 is 2.07 bits per heavy atom. The lowest BCUT2D eigenvalue weighted by atomic mass is 10.2. The van der Waals surface area contributed by atoms with Crippen LogP contribution in [0.15, 0.2) is 24.5 Å². The van der Waals surface area contributed by atoms with Crippen LogP contribution in [0, 0.1) is 0 Å². The van der Waals surface area contributed by atoms with Crippen molar-refractivity contribution in [1.82, 2.24) is 10.5 Å². The van der Waals surface area contributed by atoms with E-state index >= 15 is 0 Å². The molecule has 1 rings (SSSR count). The molecule has 0 bridgehead atoms. The number of hydrogen-bond acceptors (Lipinski definition) is 5. The number of carbonyl (C=O) groups is 1. The first-order chi connectivity index (χ1) is 7.14. The summed E-state index contributed by atoms with van der Waals surface area (Å²) < 4.78 is 26.3. The third-order valence-electron chi connectivity index (χ3n) is 1.61. The highest BCUT2D eigenvalue weighted by Crippen LogP contribution is 2.01. The molecule has 7 heteroatoms. The molecule has 15 heavy (non-hydrogen) atoms. The van der Waals surface area contributed by atoms with Crippen LogP contribution in [0.5, 0.6) is 0 Å². The molecule has 82 valence electrons. The number of amides is 1. The average Bonchev–Trinajstić information content (AvgIpc) is 2.25. The molecule has 0 aliphatic rings. The van der Waals surface area contributed by atoms with E-state index in [4.69, 9.17) is 0 Å². The van der Waals surface area contributed by atoms with Gasteiger partial charge < -0.3 is 0 Å². The second-order valence-corrected chi connectivity index (χ2v) is 4.38. The van der Waals surface area contributed by atoms with Crippen LogP contribution in [-0.4, -0.2) is 25.6 Å². The van der Waals surface area contributed by atoms with Gasteiger partial charge in [0.05, 0.1) is 5.75 Å². The molecule has 0 aromatic carbocycles. The Bertz CT molecular complexity index is 404. The number of rotatable bonds is 6. The first-order valence-electron chi connectivity index (χ1n) is 4.13. The van der Waals surface area contributed by atoms with Crippen molar-refractivity contribution in [1.29, 1.82) is 0 Å². The van der Waals surface area contributed by atoms with Crippen LogP contribution in [0.1, 0.15) is 5.56 Å². The Labute approximate surface area is 87.4 Å². The minimum absolute atomic E-state index is 0.157. The number of carbonyl (C=O) groups excluding carboxylic acids is 1. The van der Waals surface area contributed by atoms with Gasteiger partial charge in [0.25, 0.3) is 10.1 Å². The van der Waals surface area contributed by atoms with Crippen LogP contribution in [0.25, 0.3) is 0 Å². The number of hydrogen-bond donors (Lipinski definition) is 1. The average molecular weight is 230 g/mol. The molecule has 1 N–H and O–H groups in total.